The maximum absolute atomic E-state index is 13.1. The number of carboxylic acids is 1. The maximum Gasteiger partial charge on any atom is 0.335 e. The minimum Gasteiger partial charge on any atom is -0.478 e. The molecule has 1 aliphatic heterocycles. The number of imide groups is 1. The van der Waals surface area contributed by atoms with Crippen LogP contribution >= 0.6 is 23.4 Å². The second-order valence-electron chi connectivity index (χ2n) is 5.43. The molecular formula is C18H11ClFNO4S. The number of halogens is 2. The fourth-order valence-corrected chi connectivity index (χ4v) is 3.40. The van der Waals surface area contributed by atoms with Crippen LogP contribution in [-0.4, -0.2) is 27.1 Å². The number of hydrogen-bond donors (Lipinski definition) is 1. The summed E-state index contributed by atoms with van der Waals surface area (Å²) in [5, 5.41) is 8.57. The van der Waals surface area contributed by atoms with Gasteiger partial charge in [0, 0.05) is 5.02 Å². The molecule has 0 saturated carbocycles. The van der Waals surface area contributed by atoms with Crippen molar-refractivity contribution in [3.63, 3.8) is 0 Å². The molecule has 2 amide bonds. The number of nitrogens with zero attached hydrogens (tertiary/aromatic N) is 1. The molecule has 0 aliphatic carbocycles. The Bertz CT molecular complexity index is 943. The molecule has 0 spiro atoms. The molecule has 0 radical (unpaired) electrons. The third-order valence-corrected chi connectivity index (χ3v) is 4.93. The van der Waals surface area contributed by atoms with Crippen molar-refractivity contribution >= 4 is 46.6 Å². The van der Waals surface area contributed by atoms with Gasteiger partial charge in [-0.2, -0.15) is 0 Å². The summed E-state index contributed by atoms with van der Waals surface area (Å²) in [4.78, 5) is 36.7. The molecule has 26 heavy (non-hydrogen) atoms. The molecule has 0 bridgehead atoms. The van der Waals surface area contributed by atoms with Crippen LogP contribution in [0.2, 0.25) is 5.02 Å². The van der Waals surface area contributed by atoms with E-state index in [0.717, 1.165) is 22.7 Å². The summed E-state index contributed by atoms with van der Waals surface area (Å²) < 4.78 is 13.1. The summed E-state index contributed by atoms with van der Waals surface area (Å²) in [5.41, 5.74) is 1.18. The first kappa shape index (κ1) is 18.2. The molecule has 3 rings (SSSR count). The van der Waals surface area contributed by atoms with Crippen LogP contribution in [0.1, 0.15) is 21.5 Å². The number of benzene rings is 2. The smallest absolute Gasteiger partial charge is 0.335 e. The second-order valence-corrected chi connectivity index (χ2v) is 6.83. The Morgan fingerprint density at radius 3 is 2.50 bits per heavy atom. The number of rotatable bonds is 4. The van der Waals surface area contributed by atoms with Gasteiger partial charge in [-0.15, -0.1) is 0 Å². The molecule has 1 fully saturated rings. The van der Waals surface area contributed by atoms with Gasteiger partial charge in [0.05, 0.1) is 17.0 Å². The van der Waals surface area contributed by atoms with Crippen LogP contribution in [0.25, 0.3) is 6.08 Å². The monoisotopic (exact) mass is 391 g/mol. The van der Waals surface area contributed by atoms with Crippen LogP contribution < -0.4 is 0 Å². The van der Waals surface area contributed by atoms with Gasteiger partial charge in [-0.05, 0) is 53.2 Å². The van der Waals surface area contributed by atoms with Crippen molar-refractivity contribution in [1.29, 1.82) is 0 Å². The molecule has 2 aromatic carbocycles. The fraction of sp³-hybridized carbons (Fsp3) is 0.0556. The van der Waals surface area contributed by atoms with Crippen molar-refractivity contribution in [1.82, 2.24) is 4.90 Å². The lowest BCUT2D eigenvalue weighted by Gasteiger charge is -2.13. The molecule has 1 aliphatic rings. The average molecular weight is 392 g/mol. The van der Waals surface area contributed by atoms with Crippen molar-refractivity contribution in [3.8, 4) is 0 Å². The molecule has 0 atom stereocenters. The van der Waals surface area contributed by atoms with Crippen LogP contribution in [0.3, 0.4) is 0 Å². The lowest BCUT2D eigenvalue weighted by Crippen LogP contribution is -2.27. The van der Waals surface area contributed by atoms with E-state index in [9.17, 15) is 18.8 Å². The molecule has 1 heterocycles. The number of carboxylic acid groups (broad SMARTS) is 1. The highest BCUT2D eigenvalue weighted by atomic mass is 35.5. The van der Waals surface area contributed by atoms with Gasteiger partial charge in [0.25, 0.3) is 11.1 Å². The first-order valence-corrected chi connectivity index (χ1v) is 8.57. The normalized spacial score (nSPS) is 15.8. The SMILES string of the molecule is O=C(O)c1ccc(/C=C2\SC(=O)N(Cc3ccc(F)cc3Cl)C2=O)cc1. The van der Waals surface area contributed by atoms with E-state index in [4.69, 9.17) is 16.7 Å². The minimum absolute atomic E-state index is 0.0565. The molecule has 8 heteroatoms. The lowest BCUT2D eigenvalue weighted by atomic mass is 10.1. The van der Waals surface area contributed by atoms with Crippen LogP contribution in [0.5, 0.6) is 0 Å². The molecule has 1 N–H and O–H groups in total. The Morgan fingerprint density at radius 2 is 1.88 bits per heavy atom. The van der Waals surface area contributed by atoms with Gasteiger partial charge in [-0.25, -0.2) is 9.18 Å². The predicted octanol–water partition coefficient (Wildman–Crippen LogP) is 4.41. The zero-order chi connectivity index (χ0) is 18.8. The van der Waals surface area contributed by atoms with Crippen LogP contribution in [0.4, 0.5) is 9.18 Å². The van der Waals surface area contributed by atoms with Gasteiger partial charge in [-0.1, -0.05) is 29.8 Å². The summed E-state index contributed by atoms with van der Waals surface area (Å²) in [5.74, 6) is -2.03. The maximum atomic E-state index is 13.1. The highest BCUT2D eigenvalue weighted by molar-refractivity contribution is 8.18. The second kappa shape index (κ2) is 7.31. The number of thioether (sulfide) groups is 1. The number of aromatic carboxylic acids is 1. The molecule has 132 valence electrons. The third-order valence-electron chi connectivity index (χ3n) is 3.67. The van der Waals surface area contributed by atoms with E-state index in [2.05, 4.69) is 0 Å². The summed E-state index contributed by atoms with van der Waals surface area (Å²) in [7, 11) is 0. The van der Waals surface area contributed by atoms with E-state index in [1.54, 1.807) is 12.1 Å². The first-order chi connectivity index (χ1) is 12.3. The number of carbonyl (C=O) groups excluding carboxylic acids is 2. The Labute approximate surface area is 157 Å². The number of amides is 2. The fourth-order valence-electron chi connectivity index (χ4n) is 2.33. The van der Waals surface area contributed by atoms with Crippen LogP contribution in [-0.2, 0) is 11.3 Å². The molecular weight excluding hydrogens is 381 g/mol. The molecule has 0 unspecified atom stereocenters. The predicted molar refractivity (Wildman–Crippen MR) is 96.3 cm³/mol. The van der Waals surface area contributed by atoms with Crippen molar-refractivity contribution in [3.05, 3.63) is 74.9 Å². The largest absolute Gasteiger partial charge is 0.478 e. The first-order valence-electron chi connectivity index (χ1n) is 7.38. The Balaban J connectivity index is 1.80. The lowest BCUT2D eigenvalue weighted by molar-refractivity contribution is -0.123. The molecule has 1 saturated heterocycles. The quantitative estimate of drug-likeness (QED) is 0.781. The number of carbonyl (C=O) groups is 3. The average Bonchev–Trinajstić information content (AvgIpc) is 2.85. The van der Waals surface area contributed by atoms with E-state index < -0.39 is 22.9 Å². The third kappa shape index (κ3) is 3.79. The Morgan fingerprint density at radius 1 is 1.19 bits per heavy atom. The summed E-state index contributed by atoms with van der Waals surface area (Å²) in [6.07, 6.45) is 1.52. The van der Waals surface area contributed by atoms with Crippen molar-refractivity contribution in [2.75, 3.05) is 0 Å². The van der Waals surface area contributed by atoms with Crippen molar-refractivity contribution in [2.24, 2.45) is 0 Å². The number of hydrogen-bond acceptors (Lipinski definition) is 4. The zero-order valence-electron chi connectivity index (χ0n) is 13.1. The Kier molecular flexibility index (Phi) is 5.11. The van der Waals surface area contributed by atoms with E-state index in [0.29, 0.717) is 11.1 Å². The van der Waals surface area contributed by atoms with E-state index in [-0.39, 0.29) is 22.0 Å². The van der Waals surface area contributed by atoms with E-state index >= 15 is 0 Å². The van der Waals surface area contributed by atoms with Crippen LogP contribution in [0, 0.1) is 5.82 Å². The van der Waals surface area contributed by atoms with E-state index in [1.165, 1.54) is 30.3 Å². The van der Waals surface area contributed by atoms with Gasteiger partial charge in [0.1, 0.15) is 5.82 Å². The summed E-state index contributed by atoms with van der Waals surface area (Å²) in [6, 6.07) is 9.68. The van der Waals surface area contributed by atoms with Gasteiger partial charge in [0.2, 0.25) is 0 Å². The van der Waals surface area contributed by atoms with Gasteiger partial charge in [0.15, 0.2) is 0 Å². The van der Waals surface area contributed by atoms with Crippen molar-refractivity contribution < 1.29 is 23.9 Å². The van der Waals surface area contributed by atoms with E-state index in [1.807, 2.05) is 0 Å². The van der Waals surface area contributed by atoms with Gasteiger partial charge in [-0.3, -0.25) is 14.5 Å². The minimum atomic E-state index is -1.05. The molecule has 2 aromatic rings. The highest BCUT2D eigenvalue weighted by Crippen LogP contribution is 2.34. The zero-order valence-corrected chi connectivity index (χ0v) is 14.7. The highest BCUT2D eigenvalue weighted by Gasteiger charge is 2.35. The van der Waals surface area contributed by atoms with Crippen molar-refractivity contribution in [2.45, 2.75) is 6.54 Å². The van der Waals surface area contributed by atoms with Gasteiger partial charge < -0.3 is 5.11 Å². The summed E-state index contributed by atoms with van der Waals surface area (Å²) in [6.45, 7) is -0.0565. The standard InChI is InChI=1S/C18H11ClFNO4S/c19-14-8-13(20)6-5-12(14)9-21-16(22)15(26-18(21)25)7-10-1-3-11(4-2-10)17(23)24/h1-8H,9H2,(H,23,24)/b15-7-. The molecule has 5 nitrogen and oxygen atoms in total. The van der Waals surface area contributed by atoms with Gasteiger partial charge >= 0.3 is 5.97 Å². The summed E-state index contributed by atoms with van der Waals surface area (Å²) >= 11 is 6.73. The van der Waals surface area contributed by atoms with Crippen LogP contribution in [0.15, 0.2) is 47.4 Å². The topological polar surface area (TPSA) is 74.7 Å². The molecule has 0 aromatic heterocycles. The Hall–Kier alpha value is -2.64.